The van der Waals surface area contributed by atoms with Crippen LogP contribution in [0.5, 0.6) is 0 Å². The predicted octanol–water partition coefficient (Wildman–Crippen LogP) is 1.08. The molecule has 2 rings (SSSR count). The maximum Gasteiger partial charge on any atom is 0.220 e. The van der Waals surface area contributed by atoms with Crippen molar-refractivity contribution in [3.8, 4) is 0 Å². The van der Waals surface area contributed by atoms with Crippen LogP contribution in [0.2, 0.25) is 0 Å². The Balaban J connectivity index is 2.23. The van der Waals surface area contributed by atoms with E-state index in [0.29, 0.717) is 12.8 Å². The van der Waals surface area contributed by atoms with Crippen LogP contribution in [0, 0.1) is 0 Å². The molecule has 1 amide bonds. The van der Waals surface area contributed by atoms with Gasteiger partial charge < -0.3 is 11.1 Å². The predicted molar refractivity (Wildman–Crippen MR) is 71.8 cm³/mol. The molecule has 1 saturated heterocycles. The summed E-state index contributed by atoms with van der Waals surface area (Å²) >= 11 is 3.23. The number of nitrogen functional groups attached to an aromatic ring is 1. The molecule has 0 radical (unpaired) electrons. The molecule has 0 aliphatic carbocycles. The van der Waals surface area contributed by atoms with Crippen LogP contribution in [0.4, 0.5) is 5.69 Å². The van der Waals surface area contributed by atoms with Crippen molar-refractivity contribution in [3.63, 3.8) is 0 Å². The number of hydrogen-bond acceptors (Lipinski definition) is 4. The van der Waals surface area contributed by atoms with Gasteiger partial charge in [-0.2, -0.15) is 0 Å². The highest BCUT2D eigenvalue weighted by molar-refractivity contribution is 9.10. The van der Waals surface area contributed by atoms with Crippen molar-refractivity contribution in [3.05, 3.63) is 22.7 Å². The first-order chi connectivity index (χ1) is 8.38. The number of halogens is 1. The molecule has 1 unspecified atom stereocenters. The van der Waals surface area contributed by atoms with E-state index in [9.17, 15) is 13.2 Å². The lowest BCUT2D eigenvalue weighted by Gasteiger charge is -2.12. The fraction of sp³-hybridized carbons (Fsp3) is 0.364. The molecule has 0 bridgehead atoms. The SMILES string of the molecule is Nc1cc(Br)ccc1S(=O)(=O)CC1CCC(=O)N1. The van der Waals surface area contributed by atoms with Gasteiger partial charge in [0.2, 0.25) is 5.91 Å². The molecule has 98 valence electrons. The Hall–Kier alpha value is -1.08. The van der Waals surface area contributed by atoms with E-state index in [1.54, 1.807) is 12.1 Å². The lowest BCUT2D eigenvalue weighted by molar-refractivity contribution is -0.119. The third-order valence-electron chi connectivity index (χ3n) is 2.81. The van der Waals surface area contributed by atoms with Crippen molar-refractivity contribution in [2.24, 2.45) is 0 Å². The minimum atomic E-state index is -3.48. The number of sulfone groups is 1. The van der Waals surface area contributed by atoms with Gasteiger partial charge in [-0.1, -0.05) is 15.9 Å². The first kappa shape index (κ1) is 13.4. The maximum absolute atomic E-state index is 12.2. The highest BCUT2D eigenvalue weighted by atomic mass is 79.9. The van der Waals surface area contributed by atoms with Crippen LogP contribution in [0.1, 0.15) is 12.8 Å². The minimum absolute atomic E-state index is 0.0982. The van der Waals surface area contributed by atoms with Gasteiger partial charge in [-0.3, -0.25) is 4.79 Å². The van der Waals surface area contributed by atoms with E-state index in [1.165, 1.54) is 6.07 Å². The minimum Gasteiger partial charge on any atom is -0.398 e. The standard InChI is InChI=1S/C11H13BrN2O3S/c12-7-1-3-10(9(13)5-7)18(16,17)6-8-2-4-11(15)14-8/h1,3,5,8H,2,4,6,13H2,(H,14,15). The molecule has 1 atom stereocenters. The molecule has 18 heavy (non-hydrogen) atoms. The molecule has 3 N–H and O–H groups in total. The van der Waals surface area contributed by atoms with Gasteiger partial charge in [0.05, 0.1) is 16.3 Å². The summed E-state index contributed by atoms with van der Waals surface area (Å²) in [5.74, 6) is -0.205. The van der Waals surface area contributed by atoms with Gasteiger partial charge in [-0.05, 0) is 24.6 Å². The normalized spacial score (nSPS) is 19.8. The van der Waals surface area contributed by atoms with Crippen molar-refractivity contribution >= 4 is 37.4 Å². The third-order valence-corrected chi connectivity index (χ3v) is 5.19. The van der Waals surface area contributed by atoms with Gasteiger partial charge >= 0.3 is 0 Å². The van der Waals surface area contributed by atoms with Gasteiger partial charge in [-0.25, -0.2) is 8.42 Å². The van der Waals surface area contributed by atoms with E-state index in [-0.39, 0.29) is 28.3 Å². The lowest BCUT2D eigenvalue weighted by atomic mass is 10.2. The Morgan fingerprint density at radius 1 is 1.44 bits per heavy atom. The first-order valence-electron chi connectivity index (χ1n) is 5.45. The summed E-state index contributed by atoms with van der Waals surface area (Å²) in [6.45, 7) is 0. The van der Waals surface area contributed by atoms with E-state index in [2.05, 4.69) is 21.2 Å². The monoisotopic (exact) mass is 332 g/mol. The van der Waals surface area contributed by atoms with Crippen molar-refractivity contribution in [1.82, 2.24) is 5.32 Å². The molecule has 0 aromatic heterocycles. The van der Waals surface area contributed by atoms with Crippen molar-refractivity contribution < 1.29 is 13.2 Å². The fourth-order valence-corrected chi connectivity index (χ4v) is 3.99. The Bertz CT molecular complexity index is 586. The maximum atomic E-state index is 12.2. The van der Waals surface area contributed by atoms with Crippen LogP contribution in [0.3, 0.4) is 0 Å². The quantitative estimate of drug-likeness (QED) is 0.810. The number of benzene rings is 1. The molecule has 5 nitrogen and oxygen atoms in total. The number of carbonyl (C=O) groups is 1. The second-order valence-corrected chi connectivity index (χ2v) is 7.19. The average molecular weight is 333 g/mol. The number of amides is 1. The van der Waals surface area contributed by atoms with Crippen molar-refractivity contribution in [2.45, 2.75) is 23.8 Å². The number of rotatable bonds is 3. The van der Waals surface area contributed by atoms with Gasteiger partial charge in [0.1, 0.15) is 0 Å². The summed E-state index contributed by atoms with van der Waals surface area (Å²) in [5.41, 5.74) is 5.93. The zero-order valence-electron chi connectivity index (χ0n) is 9.52. The summed E-state index contributed by atoms with van der Waals surface area (Å²) in [4.78, 5) is 11.2. The molecular weight excluding hydrogens is 320 g/mol. The summed E-state index contributed by atoms with van der Waals surface area (Å²) in [5, 5.41) is 2.64. The average Bonchev–Trinajstić information content (AvgIpc) is 2.62. The number of nitrogens with two attached hydrogens (primary N) is 1. The number of nitrogens with one attached hydrogen (secondary N) is 1. The highest BCUT2D eigenvalue weighted by Gasteiger charge is 2.28. The molecular formula is C11H13BrN2O3S. The molecule has 1 aliphatic rings. The zero-order valence-corrected chi connectivity index (χ0v) is 11.9. The number of anilines is 1. The highest BCUT2D eigenvalue weighted by Crippen LogP contribution is 2.25. The Morgan fingerprint density at radius 2 is 2.17 bits per heavy atom. The topological polar surface area (TPSA) is 89.3 Å². The Kier molecular flexibility index (Phi) is 3.63. The molecule has 1 heterocycles. The van der Waals surface area contributed by atoms with Crippen molar-refractivity contribution in [1.29, 1.82) is 0 Å². The summed E-state index contributed by atoms with van der Waals surface area (Å²) < 4.78 is 25.1. The first-order valence-corrected chi connectivity index (χ1v) is 7.90. The van der Waals surface area contributed by atoms with E-state index >= 15 is 0 Å². The van der Waals surface area contributed by atoms with Gasteiger partial charge in [0, 0.05) is 16.9 Å². The van der Waals surface area contributed by atoms with E-state index in [0.717, 1.165) is 4.47 Å². The zero-order chi connectivity index (χ0) is 13.3. The van der Waals surface area contributed by atoms with Crippen LogP contribution < -0.4 is 11.1 Å². The van der Waals surface area contributed by atoms with Crippen LogP contribution >= 0.6 is 15.9 Å². The van der Waals surface area contributed by atoms with Crippen LogP contribution in [-0.4, -0.2) is 26.1 Å². The second kappa shape index (κ2) is 4.89. The summed E-state index contributed by atoms with van der Waals surface area (Å²) in [7, 11) is -3.48. The summed E-state index contributed by atoms with van der Waals surface area (Å²) in [6.07, 6.45) is 0.935. The largest absolute Gasteiger partial charge is 0.398 e. The molecule has 1 fully saturated rings. The van der Waals surface area contributed by atoms with Crippen molar-refractivity contribution in [2.75, 3.05) is 11.5 Å². The van der Waals surface area contributed by atoms with Crippen LogP contribution in [-0.2, 0) is 14.6 Å². The Labute approximate surface area is 114 Å². The Morgan fingerprint density at radius 3 is 2.72 bits per heavy atom. The molecule has 1 aromatic rings. The van der Waals surface area contributed by atoms with Gasteiger partial charge in [0.15, 0.2) is 9.84 Å². The van der Waals surface area contributed by atoms with E-state index in [4.69, 9.17) is 5.73 Å². The fourth-order valence-electron chi connectivity index (χ4n) is 1.96. The van der Waals surface area contributed by atoms with Crippen LogP contribution in [0.25, 0.3) is 0 Å². The lowest BCUT2D eigenvalue weighted by Crippen LogP contribution is -2.32. The van der Waals surface area contributed by atoms with E-state index in [1.807, 2.05) is 0 Å². The number of hydrogen-bond donors (Lipinski definition) is 2. The third kappa shape index (κ3) is 2.84. The second-order valence-electron chi connectivity index (χ2n) is 4.27. The number of carbonyl (C=O) groups excluding carboxylic acids is 1. The molecule has 7 heteroatoms. The van der Waals surface area contributed by atoms with Gasteiger partial charge in [-0.15, -0.1) is 0 Å². The smallest absolute Gasteiger partial charge is 0.220 e. The van der Waals surface area contributed by atoms with E-state index < -0.39 is 9.84 Å². The van der Waals surface area contributed by atoms with Gasteiger partial charge in [0.25, 0.3) is 0 Å². The summed E-state index contributed by atoms with van der Waals surface area (Å²) in [6, 6.07) is 4.35. The van der Waals surface area contributed by atoms with Crippen LogP contribution in [0.15, 0.2) is 27.6 Å². The molecule has 1 aromatic carbocycles. The molecule has 0 saturated carbocycles. The molecule has 0 spiro atoms. The molecule has 1 aliphatic heterocycles.